The van der Waals surface area contributed by atoms with Gasteiger partial charge >= 0.3 is 5.97 Å². The highest BCUT2D eigenvalue weighted by Crippen LogP contribution is 2.03. The maximum atomic E-state index is 12.6. The Kier molecular flexibility index (Phi) is 14.2. The van der Waals surface area contributed by atoms with E-state index in [0.29, 0.717) is 25.8 Å². The standard InChI is InChI=1S/C15H29N5O5S3/c16-4-2-1-3-9(18-12(21)8(17)5-26)13(22)19-10(6-27)14(23)20-11(7-28)15(24)25/h8-11,26-28H,1-7,16-17H2,(H,18,21)(H,19,22)(H,20,23)(H,24,25). The fraction of sp³-hybridized carbons (Fsp3) is 0.733. The van der Waals surface area contributed by atoms with Crippen molar-refractivity contribution in [3.8, 4) is 0 Å². The largest absolute Gasteiger partial charge is 0.480 e. The van der Waals surface area contributed by atoms with E-state index in [1.807, 2.05) is 0 Å². The third-order valence-corrected chi connectivity index (χ3v) is 4.85. The van der Waals surface area contributed by atoms with Crippen molar-refractivity contribution in [3.05, 3.63) is 0 Å². The van der Waals surface area contributed by atoms with Crippen molar-refractivity contribution in [2.24, 2.45) is 11.5 Å². The van der Waals surface area contributed by atoms with Gasteiger partial charge in [0.2, 0.25) is 17.7 Å². The molecule has 0 bridgehead atoms. The topological polar surface area (TPSA) is 177 Å². The zero-order valence-corrected chi connectivity index (χ0v) is 18.0. The molecular weight excluding hydrogens is 426 g/mol. The first-order valence-electron chi connectivity index (χ1n) is 8.63. The number of nitrogens with two attached hydrogens (primary N) is 2. The maximum absolute atomic E-state index is 12.6. The Morgan fingerprint density at radius 1 is 0.786 bits per heavy atom. The molecule has 0 heterocycles. The van der Waals surface area contributed by atoms with Crippen LogP contribution in [-0.4, -0.2) is 76.8 Å². The lowest BCUT2D eigenvalue weighted by Crippen LogP contribution is -2.58. The molecule has 4 unspecified atom stereocenters. The third-order valence-electron chi connectivity index (χ3n) is 3.73. The van der Waals surface area contributed by atoms with E-state index in [4.69, 9.17) is 16.6 Å². The molecule has 0 aliphatic carbocycles. The van der Waals surface area contributed by atoms with E-state index in [0.717, 1.165) is 0 Å². The highest BCUT2D eigenvalue weighted by molar-refractivity contribution is 7.80. The van der Waals surface area contributed by atoms with E-state index >= 15 is 0 Å². The van der Waals surface area contributed by atoms with Crippen LogP contribution in [0.3, 0.4) is 0 Å². The van der Waals surface area contributed by atoms with Crippen LogP contribution in [0.25, 0.3) is 0 Å². The predicted molar refractivity (Wildman–Crippen MR) is 116 cm³/mol. The number of hydrogen-bond donors (Lipinski definition) is 9. The minimum absolute atomic E-state index is 0.0733. The molecule has 4 atom stereocenters. The summed E-state index contributed by atoms with van der Waals surface area (Å²) in [7, 11) is 0. The first-order chi connectivity index (χ1) is 13.2. The van der Waals surface area contributed by atoms with Crippen LogP contribution in [0.1, 0.15) is 19.3 Å². The summed E-state index contributed by atoms with van der Waals surface area (Å²) in [4.78, 5) is 47.9. The first kappa shape index (κ1) is 26.9. The van der Waals surface area contributed by atoms with Gasteiger partial charge in [0, 0.05) is 17.3 Å². The van der Waals surface area contributed by atoms with Gasteiger partial charge in [0.25, 0.3) is 0 Å². The minimum Gasteiger partial charge on any atom is -0.480 e. The highest BCUT2D eigenvalue weighted by atomic mass is 32.1. The number of nitrogens with one attached hydrogen (secondary N) is 3. The molecule has 0 saturated heterocycles. The van der Waals surface area contributed by atoms with Crippen molar-refractivity contribution < 1.29 is 24.3 Å². The Hall–Kier alpha value is -1.15. The van der Waals surface area contributed by atoms with Gasteiger partial charge in [-0.15, -0.1) is 0 Å². The number of carbonyl (C=O) groups excluding carboxylic acids is 3. The van der Waals surface area contributed by atoms with Crippen LogP contribution in [0.4, 0.5) is 0 Å². The fourth-order valence-electron chi connectivity index (χ4n) is 2.05. The van der Waals surface area contributed by atoms with Crippen LogP contribution in [0.5, 0.6) is 0 Å². The molecule has 0 spiro atoms. The molecule has 8 N–H and O–H groups in total. The fourth-order valence-corrected chi connectivity index (χ4v) is 2.72. The zero-order chi connectivity index (χ0) is 21.7. The van der Waals surface area contributed by atoms with Gasteiger partial charge in [0.1, 0.15) is 18.1 Å². The molecule has 0 aromatic rings. The summed E-state index contributed by atoms with van der Waals surface area (Å²) >= 11 is 11.8. The Bertz CT molecular complexity index is 540. The molecule has 3 amide bonds. The van der Waals surface area contributed by atoms with E-state index < -0.39 is 47.9 Å². The van der Waals surface area contributed by atoms with Crippen molar-refractivity contribution in [2.75, 3.05) is 23.8 Å². The number of rotatable bonds is 14. The number of carboxylic acid groups (broad SMARTS) is 1. The summed E-state index contributed by atoms with van der Waals surface area (Å²) < 4.78 is 0. The van der Waals surface area contributed by atoms with E-state index in [1.54, 1.807) is 0 Å². The molecule has 0 saturated carbocycles. The second kappa shape index (κ2) is 14.8. The Morgan fingerprint density at radius 2 is 1.29 bits per heavy atom. The minimum atomic E-state index is -1.25. The molecule has 28 heavy (non-hydrogen) atoms. The molecular formula is C15H29N5O5S3. The number of amides is 3. The van der Waals surface area contributed by atoms with Crippen LogP contribution >= 0.6 is 37.9 Å². The first-order valence-corrected chi connectivity index (χ1v) is 10.5. The second-order valence-electron chi connectivity index (χ2n) is 5.96. The average Bonchev–Trinajstić information content (AvgIpc) is 2.67. The van der Waals surface area contributed by atoms with E-state index in [2.05, 4.69) is 53.8 Å². The molecule has 0 rings (SSSR count). The lowest BCUT2D eigenvalue weighted by atomic mass is 10.1. The quantitative estimate of drug-likeness (QED) is 0.105. The van der Waals surface area contributed by atoms with Crippen LogP contribution in [-0.2, 0) is 19.2 Å². The summed E-state index contributed by atoms with van der Waals surface area (Å²) in [6.07, 6.45) is 1.52. The molecule has 0 aliphatic rings. The monoisotopic (exact) mass is 455 g/mol. The van der Waals surface area contributed by atoms with Gasteiger partial charge in [-0.05, 0) is 25.8 Å². The van der Waals surface area contributed by atoms with Gasteiger partial charge < -0.3 is 32.5 Å². The van der Waals surface area contributed by atoms with E-state index in [1.165, 1.54) is 0 Å². The second-order valence-corrected chi connectivity index (χ2v) is 7.06. The highest BCUT2D eigenvalue weighted by Gasteiger charge is 2.29. The lowest BCUT2D eigenvalue weighted by Gasteiger charge is -2.24. The van der Waals surface area contributed by atoms with Gasteiger partial charge in [-0.3, -0.25) is 14.4 Å². The molecule has 13 heteroatoms. The Morgan fingerprint density at radius 3 is 1.75 bits per heavy atom. The molecule has 162 valence electrons. The molecule has 10 nitrogen and oxygen atoms in total. The van der Waals surface area contributed by atoms with E-state index in [9.17, 15) is 19.2 Å². The van der Waals surface area contributed by atoms with Crippen molar-refractivity contribution in [1.82, 2.24) is 16.0 Å². The predicted octanol–water partition coefficient (Wildman–Crippen LogP) is -2.23. The van der Waals surface area contributed by atoms with Crippen LogP contribution < -0.4 is 27.4 Å². The maximum Gasteiger partial charge on any atom is 0.327 e. The molecule has 0 fully saturated rings. The summed E-state index contributed by atoms with van der Waals surface area (Å²) in [5.41, 5.74) is 11.1. The molecule has 0 aliphatic heterocycles. The molecule has 0 aromatic heterocycles. The van der Waals surface area contributed by atoms with Crippen molar-refractivity contribution >= 4 is 61.6 Å². The third kappa shape index (κ3) is 9.87. The van der Waals surface area contributed by atoms with Crippen molar-refractivity contribution in [3.63, 3.8) is 0 Å². The van der Waals surface area contributed by atoms with Crippen molar-refractivity contribution in [2.45, 2.75) is 43.4 Å². The molecule has 0 radical (unpaired) electrons. The number of hydrogen-bond acceptors (Lipinski definition) is 9. The number of unbranched alkanes of at least 4 members (excludes halogenated alkanes) is 1. The van der Waals surface area contributed by atoms with Gasteiger partial charge in [0.05, 0.1) is 6.04 Å². The zero-order valence-electron chi connectivity index (χ0n) is 15.3. The van der Waals surface area contributed by atoms with Gasteiger partial charge in [0.15, 0.2) is 0 Å². The number of thiol groups is 3. The summed E-state index contributed by atoms with van der Waals surface area (Å²) in [6, 6.07) is -4.11. The summed E-state index contributed by atoms with van der Waals surface area (Å²) in [5.74, 6) is -3.21. The van der Waals surface area contributed by atoms with E-state index in [-0.39, 0.29) is 17.3 Å². The lowest BCUT2D eigenvalue weighted by molar-refractivity contribution is -0.141. The number of aliphatic carboxylic acids is 1. The summed E-state index contributed by atoms with van der Waals surface area (Å²) in [6.45, 7) is 0.431. The van der Waals surface area contributed by atoms with Gasteiger partial charge in [-0.25, -0.2) is 4.79 Å². The smallest absolute Gasteiger partial charge is 0.327 e. The SMILES string of the molecule is NCCCCC(NC(=O)C(N)CS)C(=O)NC(CS)C(=O)NC(CS)C(=O)O. The Balaban J connectivity index is 5.08. The van der Waals surface area contributed by atoms with Crippen LogP contribution in [0.15, 0.2) is 0 Å². The average molecular weight is 456 g/mol. The summed E-state index contributed by atoms with van der Waals surface area (Å²) in [5, 5.41) is 16.3. The van der Waals surface area contributed by atoms with Gasteiger partial charge in [-0.1, -0.05) is 0 Å². The van der Waals surface area contributed by atoms with Crippen molar-refractivity contribution in [1.29, 1.82) is 0 Å². The van der Waals surface area contributed by atoms with Gasteiger partial charge in [-0.2, -0.15) is 37.9 Å². The Labute approximate surface area is 180 Å². The number of carboxylic acids is 1. The van der Waals surface area contributed by atoms with Crippen LogP contribution in [0.2, 0.25) is 0 Å². The molecule has 0 aromatic carbocycles. The normalized spacial score (nSPS) is 15.0. The number of carbonyl (C=O) groups is 4. The van der Waals surface area contributed by atoms with Crippen LogP contribution in [0, 0.1) is 0 Å².